The standard InChI is InChI=1S/C20H19Cl2N3O2/c1-26-20(14-2-3-14,11-25-13-23-12-24-25)18-9-8-17(10-19(18)22)27-16-6-4-15(21)5-7-16/h4-10,12-14H,2-3,11H2,1H3/t20-/m0/s1. The van der Waals surface area contributed by atoms with Crippen molar-refractivity contribution in [2.24, 2.45) is 5.92 Å². The molecule has 27 heavy (non-hydrogen) atoms. The Bertz CT molecular complexity index is 911. The number of halogens is 2. The monoisotopic (exact) mass is 403 g/mol. The van der Waals surface area contributed by atoms with Crippen LogP contribution < -0.4 is 4.74 Å². The van der Waals surface area contributed by atoms with Crippen LogP contribution in [0.15, 0.2) is 55.1 Å². The highest BCUT2D eigenvalue weighted by Crippen LogP contribution is 2.51. The third-order valence-corrected chi connectivity index (χ3v) is 5.48. The van der Waals surface area contributed by atoms with E-state index in [-0.39, 0.29) is 0 Å². The summed E-state index contributed by atoms with van der Waals surface area (Å²) in [7, 11) is 1.73. The average molecular weight is 404 g/mol. The number of nitrogens with zero attached hydrogens (tertiary/aromatic N) is 3. The zero-order valence-corrected chi connectivity index (χ0v) is 16.3. The normalized spacial score (nSPS) is 16.1. The first-order chi connectivity index (χ1) is 13.1. The van der Waals surface area contributed by atoms with Crippen molar-refractivity contribution in [1.29, 1.82) is 0 Å². The van der Waals surface area contributed by atoms with Gasteiger partial charge in [0.25, 0.3) is 0 Å². The van der Waals surface area contributed by atoms with E-state index in [2.05, 4.69) is 10.1 Å². The SMILES string of the molecule is CO[C@](Cn1cncn1)(c1ccc(Oc2ccc(Cl)cc2)cc1Cl)C1CC1. The van der Waals surface area contributed by atoms with Gasteiger partial charge in [0.2, 0.25) is 0 Å². The van der Waals surface area contributed by atoms with Crippen LogP contribution >= 0.6 is 23.2 Å². The van der Waals surface area contributed by atoms with Gasteiger partial charge in [-0.2, -0.15) is 5.10 Å². The van der Waals surface area contributed by atoms with Gasteiger partial charge in [-0.1, -0.05) is 29.3 Å². The molecular weight excluding hydrogens is 385 g/mol. The van der Waals surface area contributed by atoms with Gasteiger partial charge >= 0.3 is 0 Å². The van der Waals surface area contributed by atoms with Crippen molar-refractivity contribution in [1.82, 2.24) is 14.8 Å². The second kappa shape index (κ2) is 7.50. The molecule has 1 fully saturated rings. The maximum atomic E-state index is 6.67. The molecule has 0 saturated heterocycles. The summed E-state index contributed by atoms with van der Waals surface area (Å²) in [6.45, 7) is 0.561. The van der Waals surface area contributed by atoms with Crippen molar-refractivity contribution in [2.45, 2.75) is 25.0 Å². The van der Waals surface area contributed by atoms with E-state index in [1.807, 2.05) is 30.3 Å². The van der Waals surface area contributed by atoms with Crippen LogP contribution in [0, 0.1) is 5.92 Å². The summed E-state index contributed by atoms with van der Waals surface area (Å²) in [6.07, 6.45) is 5.42. The quantitative estimate of drug-likeness (QED) is 0.534. The lowest BCUT2D eigenvalue weighted by Gasteiger charge is -2.34. The van der Waals surface area contributed by atoms with Crippen molar-refractivity contribution < 1.29 is 9.47 Å². The van der Waals surface area contributed by atoms with E-state index >= 15 is 0 Å². The van der Waals surface area contributed by atoms with Crippen LogP contribution in [-0.2, 0) is 16.9 Å². The average Bonchev–Trinajstić information content (AvgIpc) is 3.40. The molecule has 1 saturated carbocycles. The van der Waals surface area contributed by atoms with Gasteiger partial charge in [0.15, 0.2) is 0 Å². The molecule has 7 heteroatoms. The number of rotatable bonds is 7. The summed E-state index contributed by atoms with van der Waals surface area (Å²) in [4.78, 5) is 4.04. The minimum absolute atomic E-state index is 0.396. The highest BCUT2D eigenvalue weighted by molar-refractivity contribution is 6.31. The van der Waals surface area contributed by atoms with Crippen molar-refractivity contribution in [3.63, 3.8) is 0 Å². The molecule has 0 N–H and O–H groups in total. The molecule has 1 atom stereocenters. The Balaban J connectivity index is 1.64. The summed E-state index contributed by atoms with van der Waals surface area (Å²) in [5.74, 6) is 1.76. The van der Waals surface area contributed by atoms with Crippen LogP contribution in [-0.4, -0.2) is 21.9 Å². The number of hydrogen-bond acceptors (Lipinski definition) is 4. The van der Waals surface area contributed by atoms with Crippen molar-refractivity contribution in [3.05, 3.63) is 70.7 Å². The number of benzene rings is 2. The van der Waals surface area contributed by atoms with Crippen LogP contribution in [0.4, 0.5) is 0 Å². The van der Waals surface area contributed by atoms with Gasteiger partial charge in [0, 0.05) is 17.7 Å². The van der Waals surface area contributed by atoms with Crippen LogP contribution in [0.2, 0.25) is 10.0 Å². The summed E-state index contributed by atoms with van der Waals surface area (Å²) < 4.78 is 13.7. The molecule has 0 spiro atoms. The second-order valence-electron chi connectivity index (χ2n) is 6.66. The molecule has 1 aliphatic rings. The van der Waals surface area contributed by atoms with Crippen molar-refractivity contribution in [3.8, 4) is 11.5 Å². The zero-order chi connectivity index (χ0) is 18.9. The minimum Gasteiger partial charge on any atom is -0.457 e. The summed E-state index contributed by atoms with van der Waals surface area (Å²) in [6, 6.07) is 12.9. The van der Waals surface area contributed by atoms with Crippen molar-refractivity contribution >= 4 is 23.2 Å². The first-order valence-electron chi connectivity index (χ1n) is 8.72. The van der Waals surface area contributed by atoms with E-state index in [1.54, 1.807) is 30.3 Å². The highest BCUT2D eigenvalue weighted by atomic mass is 35.5. The minimum atomic E-state index is -0.538. The first-order valence-corrected chi connectivity index (χ1v) is 9.47. The van der Waals surface area contributed by atoms with E-state index in [0.29, 0.717) is 34.0 Å². The second-order valence-corrected chi connectivity index (χ2v) is 7.50. The van der Waals surface area contributed by atoms with Crippen LogP contribution in [0.25, 0.3) is 0 Å². The number of aromatic nitrogens is 3. The fourth-order valence-electron chi connectivity index (χ4n) is 3.42. The largest absolute Gasteiger partial charge is 0.457 e. The Kier molecular flexibility index (Phi) is 5.08. The van der Waals surface area contributed by atoms with Gasteiger partial charge < -0.3 is 9.47 Å². The van der Waals surface area contributed by atoms with Crippen molar-refractivity contribution in [2.75, 3.05) is 7.11 Å². The molecule has 1 aliphatic carbocycles. The molecule has 0 radical (unpaired) electrons. The Hall–Kier alpha value is -2.08. The third-order valence-electron chi connectivity index (χ3n) is 4.91. The predicted molar refractivity (Wildman–Crippen MR) is 104 cm³/mol. The lowest BCUT2D eigenvalue weighted by molar-refractivity contribution is -0.0513. The molecule has 4 rings (SSSR count). The summed E-state index contributed by atoms with van der Waals surface area (Å²) in [5.41, 5.74) is 0.400. The van der Waals surface area contributed by atoms with Crippen LogP contribution in [0.3, 0.4) is 0 Å². The Morgan fingerprint density at radius 2 is 1.85 bits per heavy atom. The highest BCUT2D eigenvalue weighted by Gasteiger charge is 2.48. The molecule has 1 heterocycles. The van der Waals surface area contributed by atoms with E-state index < -0.39 is 5.60 Å². The number of ether oxygens (including phenoxy) is 2. The molecule has 0 bridgehead atoms. The van der Waals surface area contributed by atoms with Gasteiger partial charge in [-0.15, -0.1) is 0 Å². The molecule has 3 aromatic rings. The van der Waals surface area contributed by atoms with Gasteiger partial charge in [0.05, 0.1) is 11.6 Å². The molecule has 2 aromatic carbocycles. The molecule has 0 unspecified atom stereocenters. The van der Waals surface area contributed by atoms with E-state index in [9.17, 15) is 0 Å². The van der Waals surface area contributed by atoms with E-state index in [4.69, 9.17) is 32.7 Å². The van der Waals surface area contributed by atoms with Gasteiger partial charge in [-0.25, -0.2) is 9.67 Å². The number of hydrogen-bond donors (Lipinski definition) is 0. The first kappa shape index (κ1) is 18.3. The Labute approximate surface area is 167 Å². The van der Waals surface area contributed by atoms with E-state index in [0.717, 1.165) is 18.4 Å². The summed E-state index contributed by atoms with van der Waals surface area (Å²) in [5, 5.41) is 5.51. The Morgan fingerprint density at radius 1 is 1.11 bits per heavy atom. The number of methoxy groups -OCH3 is 1. The fraction of sp³-hybridized carbons (Fsp3) is 0.300. The zero-order valence-electron chi connectivity index (χ0n) is 14.8. The topological polar surface area (TPSA) is 49.2 Å². The van der Waals surface area contributed by atoms with Gasteiger partial charge in [-0.3, -0.25) is 0 Å². The maximum Gasteiger partial charge on any atom is 0.137 e. The fourth-order valence-corrected chi connectivity index (χ4v) is 3.88. The third kappa shape index (κ3) is 3.81. The van der Waals surface area contributed by atoms with Crippen LogP contribution in [0.5, 0.6) is 11.5 Å². The molecular formula is C20H19Cl2N3O2. The molecule has 0 aliphatic heterocycles. The smallest absolute Gasteiger partial charge is 0.137 e. The predicted octanol–water partition coefficient (Wildman–Crippen LogP) is 5.33. The van der Waals surface area contributed by atoms with Gasteiger partial charge in [-0.05, 0) is 55.2 Å². The molecule has 5 nitrogen and oxygen atoms in total. The maximum absolute atomic E-state index is 6.67. The molecule has 140 valence electrons. The molecule has 0 amide bonds. The lowest BCUT2D eigenvalue weighted by Crippen LogP contribution is -2.36. The van der Waals surface area contributed by atoms with Gasteiger partial charge in [0.1, 0.15) is 29.8 Å². The van der Waals surface area contributed by atoms with Crippen LogP contribution in [0.1, 0.15) is 18.4 Å². The molecule has 1 aromatic heterocycles. The van der Waals surface area contributed by atoms with E-state index in [1.165, 1.54) is 6.33 Å². The lowest BCUT2D eigenvalue weighted by atomic mass is 9.88. The Morgan fingerprint density at radius 3 is 2.44 bits per heavy atom. The summed E-state index contributed by atoms with van der Waals surface area (Å²) >= 11 is 12.6.